The highest BCUT2D eigenvalue weighted by Gasteiger charge is 2.44. The number of rotatable bonds is 6. The topological polar surface area (TPSA) is 12.5 Å². The summed E-state index contributed by atoms with van der Waals surface area (Å²) in [4.78, 5) is 1.98. The summed E-state index contributed by atoms with van der Waals surface area (Å²) in [5.41, 5.74) is 0. The van der Waals surface area contributed by atoms with E-state index in [0.29, 0.717) is 24.7 Å². The maximum absolute atomic E-state index is 13.9. The first-order valence-corrected chi connectivity index (χ1v) is 7.73. The van der Waals surface area contributed by atoms with Crippen molar-refractivity contribution in [2.75, 3.05) is 32.8 Å². The van der Waals surface area contributed by atoms with Crippen LogP contribution in [0.5, 0.6) is 0 Å². The molecule has 4 heteroatoms. The van der Waals surface area contributed by atoms with Crippen LogP contribution < -0.4 is 0 Å². The molecule has 0 N–H and O–H groups in total. The molecule has 2 nitrogen and oxygen atoms in total. The third kappa shape index (κ3) is 3.88. The molecule has 19 heavy (non-hydrogen) atoms. The molecule has 1 saturated carbocycles. The molecule has 2 aliphatic rings. The van der Waals surface area contributed by atoms with E-state index in [1.54, 1.807) is 0 Å². The van der Waals surface area contributed by atoms with E-state index in [0.717, 1.165) is 39.1 Å². The summed E-state index contributed by atoms with van der Waals surface area (Å²) in [6, 6.07) is 0. The van der Waals surface area contributed by atoms with Gasteiger partial charge in [-0.1, -0.05) is 6.92 Å². The van der Waals surface area contributed by atoms with Crippen molar-refractivity contribution in [2.45, 2.75) is 45.5 Å². The van der Waals surface area contributed by atoms with Crippen LogP contribution in [0.4, 0.5) is 8.78 Å². The van der Waals surface area contributed by atoms with Crippen LogP contribution in [0.25, 0.3) is 0 Å². The van der Waals surface area contributed by atoms with E-state index in [1.807, 2.05) is 18.7 Å². The third-order valence-corrected chi connectivity index (χ3v) is 4.73. The summed E-state index contributed by atoms with van der Waals surface area (Å²) in [5.74, 6) is -1.62. The molecule has 1 unspecified atom stereocenters. The fourth-order valence-electron chi connectivity index (χ4n) is 3.52. The maximum atomic E-state index is 13.9. The normalized spacial score (nSPS) is 35.1. The van der Waals surface area contributed by atoms with Gasteiger partial charge in [0.25, 0.3) is 5.92 Å². The van der Waals surface area contributed by atoms with Crippen LogP contribution in [-0.2, 0) is 4.74 Å². The highest BCUT2D eigenvalue weighted by Crippen LogP contribution is 2.38. The third-order valence-electron chi connectivity index (χ3n) is 4.73. The Morgan fingerprint density at radius 1 is 1.21 bits per heavy atom. The van der Waals surface area contributed by atoms with Crippen LogP contribution in [0.2, 0.25) is 0 Å². The quantitative estimate of drug-likeness (QED) is 0.736. The Balaban J connectivity index is 1.68. The smallest absolute Gasteiger partial charge is 0.263 e. The predicted molar refractivity (Wildman–Crippen MR) is 72.5 cm³/mol. The molecule has 1 heterocycles. The molecule has 112 valence electrons. The van der Waals surface area contributed by atoms with E-state index in [4.69, 9.17) is 4.74 Å². The van der Waals surface area contributed by atoms with Gasteiger partial charge in [-0.05, 0) is 51.0 Å². The van der Waals surface area contributed by atoms with Gasteiger partial charge in [-0.15, -0.1) is 0 Å². The van der Waals surface area contributed by atoms with E-state index in [2.05, 4.69) is 0 Å². The largest absolute Gasteiger partial charge is 0.381 e. The van der Waals surface area contributed by atoms with E-state index in [1.165, 1.54) is 0 Å². The molecular formula is C15H27F2NO. The zero-order chi connectivity index (χ0) is 13.9. The molecule has 1 atom stereocenters. The van der Waals surface area contributed by atoms with Gasteiger partial charge in [-0.25, -0.2) is 8.78 Å². The second-order valence-electron chi connectivity index (χ2n) is 6.25. The van der Waals surface area contributed by atoms with Crippen molar-refractivity contribution in [2.24, 2.45) is 17.8 Å². The summed E-state index contributed by atoms with van der Waals surface area (Å²) in [6.07, 6.45) is 3.55. The second kappa shape index (κ2) is 6.49. The fourth-order valence-corrected chi connectivity index (χ4v) is 3.52. The van der Waals surface area contributed by atoms with E-state index in [-0.39, 0.29) is 6.54 Å². The minimum absolute atomic E-state index is 0.0296. The SMILES string of the molecule is CCOCC1CC(CN2CCC(CC)C(F)(F)C2)C1. The van der Waals surface area contributed by atoms with Gasteiger partial charge in [0.2, 0.25) is 0 Å². The molecule has 0 aromatic heterocycles. The van der Waals surface area contributed by atoms with E-state index < -0.39 is 11.8 Å². The van der Waals surface area contributed by atoms with Crippen LogP contribution >= 0.6 is 0 Å². The van der Waals surface area contributed by atoms with Gasteiger partial charge in [0.05, 0.1) is 6.54 Å². The van der Waals surface area contributed by atoms with Gasteiger partial charge in [0.15, 0.2) is 0 Å². The Kier molecular flexibility index (Phi) is 5.18. The van der Waals surface area contributed by atoms with Crippen molar-refractivity contribution in [3.8, 4) is 0 Å². The van der Waals surface area contributed by atoms with Gasteiger partial charge < -0.3 is 4.74 Å². The summed E-state index contributed by atoms with van der Waals surface area (Å²) >= 11 is 0. The number of halogens is 2. The molecule has 0 radical (unpaired) electrons. The molecule has 1 saturated heterocycles. The molecule has 2 fully saturated rings. The average Bonchev–Trinajstić information content (AvgIpc) is 2.31. The number of nitrogens with zero attached hydrogens (tertiary/aromatic N) is 1. The van der Waals surface area contributed by atoms with Crippen LogP contribution in [0.3, 0.4) is 0 Å². The highest BCUT2D eigenvalue weighted by molar-refractivity contribution is 4.89. The van der Waals surface area contributed by atoms with Crippen molar-refractivity contribution >= 4 is 0 Å². The van der Waals surface area contributed by atoms with Gasteiger partial charge in [0, 0.05) is 25.7 Å². The Bertz CT molecular complexity index is 279. The molecule has 1 aliphatic heterocycles. The Labute approximate surface area is 115 Å². The van der Waals surface area contributed by atoms with Crippen molar-refractivity contribution in [1.29, 1.82) is 0 Å². The number of likely N-dealkylation sites (tertiary alicyclic amines) is 1. The number of ether oxygens (including phenoxy) is 1. The number of hydrogen-bond acceptors (Lipinski definition) is 2. The molecule has 1 aliphatic carbocycles. The van der Waals surface area contributed by atoms with Crippen molar-refractivity contribution in [1.82, 2.24) is 4.90 Å². The predicted octanol–water partition coefficient (Wildman–Crippen LogP) is 3.42. The zero-order valence-electron chi connectivity index (χ0n) is 12.2. The van der Waals surface area contributed by atoms with Crippen molar-refractivity contribution in [3.63, 3.8) is 0 Å². The minimum Gasteiger partial charge on any atom is -0.381 e. The monoisotopic (exact) mass is 275 g/mol. The summed E-state index contributed by atoms with van der Waals surface area (Å²) in [5, 5.41) is 0. The summed E-state index contributed by atoms with van der Waals surface area (Å²) < 4.78 is 33.2. The fraction of sp³-hybridized carbons (Fsp3) is 1.00. The average molecular weight is 275 g/mol. The summed E-state index contributed by atoms with van der Waals surface area (Å²) in [6.45, 7) is 7.18. The van der Waals surface area contributed by atoms with Gasteiger partial charge in [0.1, 0.15) is 0 Å². The first-order chi connectivity index (χ1) is 9.05. The van der Waals surface area contributed by atoms with Gasteiger partial charge in [-0.2, -0.15) is 0 Å². The van der Waals surface area contributed by atoms with Crippen LogP contribution in [0.15, 0.2) is 0 Å². The molecule has 0 amide bonds. The minimum atomic E-state index is -2.48. The molecule has 2 rings (SSSR count). The molecular weight excluding hydrogens is 248 g/mol. The maximum Gasteiger partial charge on any atom is 0.263 e. The van der Waals surface area contributed by atoms with E-state index in [9.17, 15) is 8.78 Å². The van der Waals surface area contributed by atoms with Gasteiger partial charge in [-0.3, -0.25) is 4.90 Å². The lowest BCUT2D eigenvalue weighted by atomic mass is 9.74. The lowest BCUT2D eigenvalue weighted by molar-refractivity contribution is -0.117. The van der Waals surface area contributed by atoms with Crippen molar-refractivity contribution < 1.29 is 13.5 Å². The number of piperidine rings is 1. The lowest BCUT2D eigenvalue weighted by Crippen LogP contribution is -2.50. The van der Waals surface area contributed by atoms with Crippen molar-refractivity contribution in [3.05, 3.63) is 0 Å². The lowest BCUT2D eigenvalue weighted by Gasteiger charge is -2.43. The van der Waals surface area contributed by atoms with Crippen LogP contribution in [-0.4, -0.2) is 43.7 Å². The molecule has 0 aromatic rings. The first-order valence-electron chi connectivity index (χ1n) is 7.73. The molecule has 0 spiro atoms. The zero-order valence-corrected chi connectivity index (χ0v) is 12.2. The Morgan fingerprint density at radius 3 is 2.53 bits per heavy atom. The Hall–Kier alpha value is -0.220. The first kappa shape index (κ1) is 15.2. The molecule has 0 aromatic carbocycles. The second-order valence-corrected chi connectivity index (χ2v) is 6.25. The molecule has 0 bridgehead atoms. The van der Waals surface area contributed by atoms with Crippen LogP contribution in [0.1, 0.15) is 39.5 Å². The Morgan fingerprint density at radius 2 is 1.95 bits per heavy atom. The number of hydrogen-bond donors (Lipinski definition) is 0. The van der Waals surface area contributed by atoms with Gasteiger partial charge >= 0.3 is 0 Å². The van der Waals surface area contributed by atoms with Crippen LogP contribution in [0, 0.1) is 17.8 Å². The van der Waals surface area contributed by atoms with E-state index >= 15 is 0 Å². The standard InChI is InChI=1S/C15H27F2NO/c1-3-14-5-6-18(11-15(14,16)17)9-12-7-13(8-12)10-19-4-2/h12-14H,3-11H2,1-2H3. The highest BCUT2D eigenvalue weighted by atomic mass is 19.3. The number of alkyl halides is 2. The summed E-state index contributed by atoms with van der Waals surface area (Å²) in [7, 11) is 0.